The maximum absolute atomic E-state index is 12.8. The molecule has 30 heavy (non-hydrogen) atoms. The molecular formula is C19H14F3N5O2S. The van der Waals surface area contributed by atoms with E-state index in [1.165, 1.54) is 11.1 Å². The summed E-state index contributed by atoms with van der Waals surface area (Å²) in [5, 5.41) is 8.85. The number of alkyl halides is 3. The second kappa shape index (κ2) is 7.82. The normalized spacial score (nSPS) is 13.0. The van der Waals surface area contributed by atoms with Gasteiger partial charge in [-0.3, -0.25) is 14.6 Å². The molecule has 154 valence electrons. The first-order chi connectivity index (χ1) is 14.3. The molecule has 0 bridgehead atoms. The molecule has 0 fully saturated rings. The summed E-state index contributed by atoms with van der Waals surface area (Å²) >= 11 is 0.745. The highest BCUT2D eigenvalue weighted by atomic mass is 32.1. The predicted molar refractivity (Wildman–Crippen MR) is 104 cm³/mol. The van der Waals surface area contributed by atoms with Crippen LogP contribution in [0.25, 0.3) is 0 Å². The van der Waals surface area contributed by atoms with Gasteiger partial charge in [0, 0.05) is 29.6 Å². The van der Waals surface area contributed by atoms with Crippen molar-refractivity contribution >= 4 is 34.0 Å². The smallest absolute Gasteiger partial charge is 0.320 e. The maximum Gasteiger partial charge on any atom is 0.417 e. The van der Waals surface area contributed by atoms with Crippen LogP contribution in [0.2, 0.25) is 0 Å². The zero-order chi connectivity index (χ0) is 21.3. The number of carbonyl (C=O) groups is 2. The van der Waals surface area contributed by atoms with Gasteiger partial charge in [-0.25, -0.2) is 0 Å². The van der Waals surface area contributed by atoms with E-state index in [-0.39, 0.29) is 16.3 Å². The van der Waals surface area contributed by atoms with Gasteiger partial charge in [-0.1, -0.05) is 10.6 Å². The standard InChI is InChI=1S/C19H14F3N5O2S/c20-19(21,22)13-6-12(8-23-9-13)16(28)25-18-15(26-27-30-18)17(29)24-14-5-4-10-2-1-3-11(10)7-14/h4-9H,1-3H2,(H,24,29)(H,25,28). The Bertz CT molecular complexity index is 1130. The minimum absolute atomic E-state index is 0.0241. The SMILES string of the molecule is O=C(Nc1snnc1C(=O)Nc1ccc2c(c1)CCC2)c1cncc(C(F)(F)F)c1. The van der Waals surface area contributed by atoms with Gasteiger partial charge in [-0.2, -0.15) is 13.2 Å². The Morgan fingerprint density at radius 3 is 2.60 bits per heavy atom. The Labute approximate surface area is 172 Å². The van der Waals surface area contributed by atoms with Crippen LogP contribution in [-0.2, 0) is 19.0 Å². The van der Waals surface area contributed by atoms with Crippen LogP contribution in [0.15, 0.2) is 36.7 Å². The van der Waals surface area contributed by atoms with Gasteiger partial charge in [-0.15, -0.1) is 5.10 Å². The molecule has 7 nitrogen and oxygen atoms in total. The van der Waals surface area contributed by atoms with Crippen LogP contribution >= 0.6 is 11.5 Å². The first kappa shape index (κ1) is 20.0. The van der Waals surface area contributed by atoms with Crippen LogP contribution in [0.3, 0.4) is 0 Å². The van der Waals surface area contributed by atoms with Crippen molar-refractivity contribution in [3.63, 3.8) is 0 Å². The first-order valence-corrected chi connectivity index (χ1v) is 9.68. The van der Waals surface area contributed by atoms with E-state index in [1.54, 1.807) is 6.07 Å². The van der Waals surface area contributed by atoms with E-state index in [4.69, 9.17) is 0 Å². The van der Waals surface area contributed by atoms with Crippen molar-refractivity contribution in [1.29, 1.82) is 0 Å². The first-order valence-electron chi connectivity index (χ1n) is 8.90. The molecule has 2 amide bonds. The molecule has 0 saturated heterocycles. The molecule has 0 aliphatic heterocycles. The highest BCUT2D eigenvalue weighted by Crippen LogP contribution is 2.29. The number of carbonyl (C=O) groups excluding carboxylic acids is 2. The van der Waals surface area contributed by atoms with Crippen molar-refractivity contribution in [2.45, 2.75) is 25.4 Å². The van der Waals surface area contributed by atoms with Gasteiger partial charge in [0.1, 0.15) is 5.00 Å². The Balaban J connectivity index is 1.49. The number of halogens is 3. The fraction of sp³-hybridized carbons (Fsp3) is 0.211. The molecule has 1 aliphatic rings. The molecule has 4 rings (SSSR count). The maximum atomic E-state index is 12.8. The number of nitrogens with zero attached hydrogens (tertiary/aromatic N) is 3. The largest absolute Gasteiger partial charge is 0.417 e. The number of fused-ring (bicyclic) bond motifs is 1. The molecule has 0 saturated carbocycles. The minimum atomic E-state index is -4.63. The molecule has 2 N–H and O–H groups in total. The summed E-state index contributed by atoms with van der Waals surface area (Å²) in [7, 11) is 0. The van der Waals surface area contributed by atoms with Crippen molar-refractivity contribution in [3.8, 4) is 0 Å². The van der Waals surface area contributed by atoms with Gasteiger partial charge < -0.3 is 10.6 Å². The van der Waals surface area contributed by atoms with Crippen LogP contribution in [-0.4, -0.2) is 26.4 Å². The van der Waals surface area contributed by atoms with Crippen LogP contribution in [0, 0.1) is 0 Å². The van der Waals surface area contributed by atoms with Gasteiger partial charge in [0.25, 0.3) is 11.8 Å². The molecule has 2 aromatic heterocycles. The zero-order valence-corrected chi connectivity index (χ0v) is 16.1. The van der Waals surface area contributed by atoms with Crippen molar-refractivity contribution in [3.05, 3.63) is 64.6 Å². The lowest BCUT2D eigenvalue weighted by atomic mass is 10.1. The Kier molecular flexibility index (Phi) is 5.20. The minimum Gasteiger partial charge on any atom is -0.320 e. The molecule has 11 heteroatoms. The van der Waals surface area contributed by atoms with E-state index in [0.29, 0.717) is 18.0 Å². The Morgan fingerprint density at radius 1 is 1.00 bits per heavy atom. The average Bonchev–Trinajstić information content (AvgIpc) is 3.36. The van der Waals surface area contributed by atoms with Gasteiger partial charge in [0.2, 0.25) is 0 Å². The molecular weight excluding hydrogens is 419 g/mol. The number of rotatable bonds is 4. The molecule has 1 aromatic carbocycles. The summed E-state index contributed by atoms with van der Waals surface area (Å²) in [6.45, 7) is 0. The number of anilines is 2. The van der Waals surface area contributed by atoms with Crippen LogP contribution in [0.4, 0.5) is 23.9 Å². The number of pyridine rings is 1. The molecule has 1 aliphatic carbocycles. The van der Waals surface area contributed by atoms with Crippen LogP contribution < -0.4 is 10.6 Å². The number of amides is 2. The lowest BCUT2D eigenvalue weighted by Crippen LogP contribution is -2.18. The van der Waals surface area contributed by atoms with E-state index in [0.717, 1.165) is 37.0 Å². The summed E-state index contributed by atoms with van der Waals surface area (Å²) in [6, 6.07) is 6.32. The van der Waals surface area contributed by atoms with Gasteiger partial charge in [-0.05, 0) is 48.6 Å². The van der Waals surface area contributed by atoms with E-state index >= 15 is 0 Å². The number of hydrogen-bond donors (Lipinski definition) is 2. The van der Waals surface area contributed by atoms with E-state index < -0.39 is 23.6 Å². The van der Waals surface area contributed by atoms with Crippen molar-refractivity contribution in [2.75, 3.05) is 10.6 Å². The second-order valence-corrected chi connectivity index (χ2v) is 7.41. The zero-order valence-electron chi connectivity index (χ0n) is 15.3. The molecule has 0 atom stereocenters. The number of nitrogens with one attached hydrogen (secondary N) is 2. The Morgan fingerprint density at radius 2 is 1.80 bits per heavy atom. The lowest BCUT2D eigenvalue weighted by molar-refractivity contribution is -0.137. The fourth-order valence-electron chi connectivity index (χ4n) is 3.16. The molecule has 0 radical (unpaired) electrons. The average molecular weight is 433 g/mol. The summed E-state index contributed by atoms with van der Waals surface area (Å²) in [5.74, 6) is -1.44. The Hall–Kier alpha value is -3.34. The van der Waals surface area contributed by atoms with Crippen molar-refractivity contribution in [2.24, 2.45) is 0 Å². The third-order valence-corrected chi connectivity index (χ3v) is 5.26. The third kappa shape index (κ3) is 4.15. The third-order valence-electron chi connectivity index (χ3n) is 4.61. The highest BCUT2D eigenvalue weighted by Gasteiger charge is 2.31. The van der Waals surface area contributed by atoms with E-state index in [9.17, 15) is 22.8 Å². The van der Waals surface area contributed by atoms with Crippen molar-refractivity contribution < 1.29 is 22.8 Å². The monoisotopic (exact) mass is 433 g/mol. The van der Waals surface area contributed by atoms with Gasteiger partial charge >= 0.3 is 6.18 Å². The summed E-state index contributed by atoms with van der Waals surface area (Å²) in [4.78, 5) is 28.4. The van der Waals surface area contributed by atoms with E-state index in [1.807, 2.05) is 12.1 Å². The van der Waals surface area contributed by atoms with Gasteiger partial charge in [0.05, 0.1) is 11.1 Å². The predicted octanol–water partition coefficient (Wildman–Crippen LogP) is 3.95. The lowest BCUT2D eigenvalue weighted by Gasteiger charge is -2.09. The topological polar surface area (TPSA) is 96.9 Å². The quantitative estimate of drug-likeness (QED) is 0.650. The second-order valence-electron chi connectivity index (χ2n) is 6.66. The summed E-state index contributed by atoms with van der Waals surface area (Å²) in [6.07, 6.45) is 0.0349. The van der Waals surface area contributed by atoms with Gasteiger partial charge in [0.15, 0.2) is 5.69 Å². The van der Waals surface area contributed by atoms with Crippen LogP contribution in [0.5, 0.6) is 0 Å². The molecule has 0 spiro atoms. The van der Waals surface area contributed by atoms with Crippen LogP contribution in [0.1, 0.15) is 44.0 Å². The summed E-state index contributed by atoms with van der Waals surface area (Å²) < 4.78 is 42.1. The highest BCUT2D eigenvalue weighted by molar-refractivity contribution is 7.10. The number of aryl methyl sites for hydroxylation is 2. The van der Waals surface area contributed by atoms with E-state index in [2.05, 4.69) is 25.2 Å². The number of aromatic nitrogens is 3. The molecule has 0 unspecified atom stereocenters. The fourth-order valence-corrected chi connectivity index (χ4v) is 3.72. The molecule has 2 heterocycles. The number of hydrogen-bond acceptors (Lipinski definition) is 6. The number of benzene rings is 1. The van der Waals surface area contributed by atoms with Crippen molar-refractivity contribution in [1.82, 2.24) is 14.6 Å². The molecule has 3 aromatic rings. The summed E-state index contributed by atoms with van der Waals surface area (Å²) in [5.41, 5.74) is 1.54.